The average molecular weight is 338 g/mol. The molecular weight excluding hydrogens is 325 g/mol. The molecule has 0 aromatic heterocycles. The predicted molar refractivity (Wildman–Crippen MR) is 78.7 cm³/mol. The summed E-state index contributed by atoms with van der Waals surface area (Å²) in [6, 6.07) is 10.3. The highest BCUT2D eigenvalue weighted by Crippen LogP contribution is 2.35. The van der Waals surface area contributed by atoms with Gasteiger partial charge in [0.1, 0.15) is 5.82 Å². The van der Waals surface area contributed by atoms with Crippen LogP contribution in [0.1, 0.15) is 18.5 Å². The Labute approximate surface area is 124 Å². The van der Waals surface area contributed by atoms with Crippen LogP contribution in [0.15, 0.2) is 40.9 Å². The summed E-state index contributed by atoms with van der Waals surface area (Å²) in [6.45, 7) is 2.16. The van der Waals surface area contributed by atoms with Crippen molar-refractivity contribution in [2.75, 3.05) is 12.1 Å². The number of anilines is 1. The van der Waals surface area contributed by atoms with Gasteiger partial charge in [-0.25, -0.2) is 4.39 Å². The molecule has 20 heavy (non-hydrogen) atoms. The molecule has 2 aromatic carbocycles. The lowest BCUT2D eigenvalue weighted by molar-refractivity contribution is 0.174. The molecule has 0 amide bonds. The van der Waals surface area contributed by atoms with Crippen LogP contribution in [0.25, 0.3) is 0 Å². The van der Waals surface area contributed by atoms with Gasteiger partial charge in [0, 0.05) is 21.8 Å². The highest BCUT2D eigenvalue weighted by molar-refractivity contribution is 9.10. The van der Waals surface area contributed by atoms with Gasteiger partial charge in [0.2, 0.25) is 6.79 Å². The summed E-state index contributed by atoms with van der Waals surface area (Å²) in [7, 11) is 0. The quantitative estimate of drug-likeness (QED) is 0.894. The van der Waals surface area contributed by atoms with Gasteiger partial charge in [-0.15, -0.1) is 0 Å². The Morgan fingerprint density at radius 3 is 2.80 bits per heavy atom. The third-order valence-electron chi connectivity index (χ3n) is 3.18. The fourth-order valence-corrected chi connectivity index (χ4v) is 2.54. The fraction of sp³-hybridized carbons (Fsp3) is 0.200. The first-order valence-electron chi connectivity index (χ1n) is 6.24. The zero-order valence-electron chi connectivity index (χ0n) is 10.8. The number of ether oxygens (including phenoxy) is 2. The lowest BCUT2D eigenvalue weighted by Crippen LogP contribution is -2.08. The van der Waals surface area contributed by atoms with Gasteiger partial charge in [0.05, 0.1) is 6.04 Å². The maximum atomic E-state index is 13.8. The number of halogens is 2. The molecule has 1 atom stereocenters. The van der Waals surface area contributed by atoms with Gasteiger partial charge in [0.25, 0.3) is 0 Å². The van der Waals surface area contributed by atoms with E-state index in [1.807, 2.05) is 25.1 Å². The van der Waals surface area contributed by atoms with E-state index >= 15 is 0 Å². The van der Waals surface area contributed by atoms with Crippen molar-refractivity contribution in [1.29, 1.82) is 0 Å². The van der Waals surface area contributed by atoms with Crippen LogP contribution in [0.5, 0.6) is 11.5 Å². The van der Waals surface area contributed by atoms with Crippen molar-refractivity contribution in [3.8, 4) is 11.5 Å². The number of rotatable bonds is 3. The molecule has 104 valence electrons. The molecule has 1 N–H and O–H groups in total. The third kappa shape index (κ3) is 2.58. The molecular formula is C15H13BrFNO2. The second kappa shape index (κ2) is 5.32. The standard InChI is InChI=1S/C15H13BrFNO2/c1-9(12-6-10(16)2-4-13(12)17)18-11-3-5-14-15(7-11)20-8-19-14/h2-7,9,18H,8H2,1H3. The van der Waals surface area contributed by atoms with Crippen LogP contribution in [0.3, 0.4) is 0 Å². The van der Waals surface area contributed by atoms with E-state index in [4.69, 9.17) is 9.47 Å². The van der Waals surface area contributed by atoms with Gasteiger partial charge in [-0.1, -0.05) is 15.9 Å². The molecule has 1 aliphatic heterocycles. The molecule has 0 radical (unpaired) electrons. The first kappa shape index (κ1) is 13.2. The highest BCUT2D eigenvalue weighted by Gasteiger charge is 2.15. The maximum Gasteiger partial charge on any atom is 0.231 e. The summed E-state index contributed by atoms with van der Waals surface area (Å²) >= 11 is 3.36. The van der Waals surface area contributed by atoms with Crippen molar-refractivity contribution in [1.82, 2.24) is 0 Å². The third-order valence-corrected chi connectivity index (χ3v) is 3.67. The Morgan fingerprint density at radius 2 is 1.95 bits per heavy atom. The monoisotopic (exact) mass is 337 g/mol. The molecule has 0 aliphatic carbocycles. The van der Waals surface area contributed by atoms with E-state index in [0.717, 1.165) is 15.9 Å². The first-order valence-corrected chi connectivity index (χ1v) is 7.04. The van der Waals surface area contributed by atoms with Crippen molar-refractivity contribution >= 4 is 21.6 Å². The van der Waals surface area contributed by atoms with Crippen molar-refractivity contribution in [2.45, 2.75) is 13.0 Å². The van der Waals surface area contributed by atoms with Crippen molar-refractivity contribution in [3.05, 3.63) is 52.3 Å². The van der Waals surface area contributed by atoms with Crippen molar-refractivity contribution in [3.63, 3.8) is 0 Å². The minimum atomic E-state index is -0.228. The van der Waals surface area contributed by atoms with Crippen LogP contribution >= 0.6 is 15.9 Å². The number of hydrogen-bond donors (Lipinski definition) is 1. The van der Waals surface area contributed by atoms with E-state index < -0.39 is 0 Å². The Morgan fingerprint density at radius 1 is 1.15 bits per heavy atom. The van der Waals surface area contributed by atoms with Crippen LogP contribution in [-0.4, -0.2) is 6.79 Å². The molecule has 0 bridgehead atoms. The van der Waals surface area contributed by atoms with E-state index in [1.54, 1.807) is 12.1 Å². The smallest absolute Gasteiger partial charge is 0.231 e. The molecule has 1 aliphatic rings. The van der Waals surface area contributed by atoms with Gasteiger partial charge >= 0.3 is 0 Å². The van der Waals surface area contributed by atoms with E-state index in [2.05, 4.69) is 21.2 Å². The Balaban J connectivity index is 1.82. The number of fused-ring (bicyclic) bond motifs is 1. The average Bonchev–Trinajstić information content (AvgIpc) is 2.89. The summed E-state index contributed by atoms with van der Waals surface area (Å²) in [5.74, 6) is 1.21. The summed E-state index contributed by atoms with van der Waals surface area (Å²) in [5, 5.41) is 3.26. The zero-order chi connectivity index (χ0) is 14.1. The molecule has 1 unspecified atom stereocenters. The SMILES string of the molecule is CC(Nc1ccc2c(c1)OCO2)c1cc(Br)ccc1F. The summed E-state index contributed by atoms with van der Waals surface area (Å²) in [4.78, 5) is 0. The number of hydrogen-bond acceptors (Lipinski definition) is 3. The normalized spacial score (nSPS) is 14.2. The van der Waals surface area contributed by atoms with E-state index in [9.17, 15) is 4.39 Å². The number of nitrogens with one attached hydrogen (secondary N) is 1. The summed E-state index contributed by atoms with van der Waals surface area (Å²) in [6.07, 6.45) is 0. The van der Waals surface area contributed by atoms with Crippen molar-refractivity contribution < 1.29 is 13.9 Å². The Hall–Kier alpha value is -1.75. The predicted octanol–water partition coefficient (Wildman–Crippen LogP) is 4.49. The molecule has 5 heteroatoms. The van der Waals surface area contributed by atoms with Gasteiger partial charge in [-0.05, 0) is 37.3 Å². The molecule has 3 rings (SSSR count). The second-order valence-corrected chi connectivity index (χ2v) is 5.52. The lowest BCUT2D eigenvalue weighted by Gasteiger charge is -2.17. The summed E-state index contributed by atoms with van der Waals surface area (Å²) in [5.41, 5.74) is 1.47. The highest BCUT2D eigenvalue weighted by atomic mass is 79.9. The summed E-state index contributed by atoms with van der Waals surface area (Å²) < 4.78 is 25.3. The van der Waals surface area contributed by atoms with Crippen LogP contribution in [0, 0.1) is 5.82 Å². The van der Waals surface area contributed by atoms with E-state index in [-0.39, 0.29) is 18.7 Å². The molecule has 0 fully saturated rings. The fourth-order valence-electron chi connectivity index (χ4n) is 2.16. The van der Waals surface area contributed by atoms with Crippen LogP contribution < -0.4 is 14.8 Å². The Kier molecular flexibility index (Phi) is 3.53. The second-order valence-electron chi connectivity index (χ2n) is 4.60. The first-order chi connectivity index (χ1) is 9.63. The van der Waals surface area contributed by atoms with Gasteiger partial charge in [0.15, 0.2) is 11.5 Å². The minimum absolute atomic E-state index is 0.159. The lowest BCUT2D eigenvalue weighted by atomic mass is 10.1. The molecule has 1 heterocycles. The van der Waals surface area contributed by atoms with Gasteiger partial charge in [-0.2, -0.15) is 0 Å². The van der Waals surface area contributed by atoms with Crippen molar-refractivity contribution in [2.24, 2.45) is 0 Å². The molecule has 3 nitrogen and oxygen atoms in total. The molecule has 0 saturated heterocycles. The van der Waals surface area contributed by atoms with Crippen LogP contribution in [-0.2, 0) is 0 Å². The largest absolute Gasteiger partial charge is 0.454 e. The number of benzene rings is 2. The zero-order valence-corrected chi connectivity index (χ0v) is 12.4. The topological polar surface area (TPSA) is 30.5 Å². The van der Waals surface area contributed by atoms with Gasteiger partial charge in [-0.3, -0.25) is 0 Å². The van der Waals surface area contributed by atoms with Crippen LogP contribution in [0.2, 0.25) is 0 Å². The Bertz CT molecular complexity index is 648. The van der Waals surface area contributed by atoms with E-state index in [1.165, 1.54) is 6.07 Å². The van der Waals surface area contributed by atoms with Crippen LogP contribution in [0.4, 0.5) is 10.1 Å². The van der Waals surface area contributed by atoms with E-state index in [0.29, 0.717) is 11.3 Å². The van der Waals surface area contributed by atoms with Gasteiger partial charge < -0.3 is 14.8 Å². The minimum Gasteiger partial charge on any atom is -0.454 e. The molecule has 0 saturated carbocycles. The molecule has 0 spiro atoms. The maximum absolute atomic E-state index is 13.8. The molecule has 2 aromatic rings.